The summed E-state index contributed by atoms with van der Waals surface area (Å²) in [7, 11) is 1.57. The molecular weight excluding hydrogens is 382 g/mol. The molecule has 2 aromatic rings. The van der Waals surface area contributed by atoms with E-state index in [4.69, 9.17) is 16.3 Å². The Kier molecular flexibility index (Phi) is 4.92. The van der Waals surface area contributed by atoms with E-state index < -0.39 is 5.92 Å². The topological polar surface area (TPSA) is 25.4 Å². The van der Waals surface area contributed by atoms with Crippen molar-refractivity contribution in [2.45, 2.75) is 44.7 Å². The third-order valence-electron chi connectivity index (χ3n) is 5.67. The number of alkyl halides is 2. The fourth-order valence-electron chi connectivity index (χ4n) is 4.56. The van der Waals surface area contributed by atoms with E-state index in [2.05, 4.69) is 17.1 Å². The van der Waals surface area contributed by atoms with Gasteiger partial charge in [0.25, 0.3) is 5.92 Å². The van der Waals surface area contributed by atoms with Gasteiger partial charge in [0, 0.05) is 30.8 Å². The van der Waals surface area contributed by atoms with Crippen molar-refractivity contribution in [3.05, 3.63) is 63.9 Å². The number of pyridine rings is 1. The summed E-state index contributed by atoms with van der Waals surface area (Å²) in [6, 6.07) is 9.59. The lowest BCUT2D eigenvalue weighted by Gasteiger charge is -2.43. The standard InChI is InChI=1S/C22H23ClF2N2O/c1-13-8-16-15-7-5-4-6-14(15)9-17(16)21(27(13)12-22(2,24)25)18-11-26-20(23)10-19(18)28-3/h4-7,10-11,13,21H,8-9,12H2,1-3H3/t13-,21+/m1/s1. The zero-order chi connectivity index (χ0) is 20.1. The Morgan fingerprint density at radius 2 is 2.07 bits per heavy atom. The van der Waals surface area contributed by atoms with Crippen LogP contribution in [0.25, 0.3) is 5.57 Å². The van der Waals surface area contributed by atoms with E-state index in [-0.39, 0.29) is 18.6 Å². The molecule has 0 spiro atoms. The van der Waals surface area contributed by atoms with Crippen LogP contribution >= 0.6 is 11.6 Å². The molecule has 1 aliphatic heterocycles. The Bertz CT molecular complexity index is 938. The maximum atomic E-state index is 14.1. The number of fused-ring (bicyclic) bond motifs is 2. The first-order valence-electron chi connectivity index (χ1n) is 9.41. The quantitative estimate of drug-likeness (QED) is 0.625. The first kappa shape index (κ1) is 19.3. The van der Waals surface area contributed by atoms with E-state index in [9.17, 15) is 8.78 Å². The van der Waals surface area contributed by atoms with Gasteiger partial charge in [0.05, 0.1) is 19.7 Å². The second-order valence-electron chi connectivity index (χ2n) is 7.78. The fraction of sp³-hybridized carbons (Fsp3) is 0.409. The number of halogens is 3. The summed E-state index contributed by atoms with van der Waals surface area (Å²) in [6.07, 6.45) is 3.17. The minimum Gasteiger partial charge on any atom is -0.496 e. The van der Waals surface area contributed by atoms with Crippen LogP contribution in [0.4, 0.5) is 8.78 Å². The number of benzene rings is 1. The molecule has 2 heterocycles. The van der Waals surface area contributed by atoms with Crippen LogP contribution in [0.3, 0.4) is 0 Å². The number of ether oxygens (including phenoxy) is 1. The molecule has 0 saturated carbocycles. The van der Waals surface area contributed by atoms with E-state index in [0.29, 0.717) is 10.9 Å². The maximum absolute atomic E-state index is 14.1. The van der Waals surface area contributed by atoms with Crippen LogP contribution in [-0.2, 0) is 6.42 Å². The highest BCUT2D eigenvalue weighted by Crippen LogP contribution is 2.50. The zero-order valence-electron chi connectivity index (χ0n) is 16.2. The first-order valence-corrected chi connectivity index (χ1v) is 9.79. The predicted octanol–water partition coefficient (Wildman–Crippen LogP) is 5.54. The molecule has 1 aromatic carbocycles. The van der Waals surface area contributed by atoms with Gasteiger partial charge in [-0.25, -0.2) is 13.8 Å². The van der Waals surface area contributed by atoms with Gasteiger partial charge in [0.15, 0.2) is 0 Å². The second-order valence-corrected chi connectivity index (χ2v) is 8.17. The van der Waals surface area contributed by atoms with Crippen LogP contribution in [-0.4, -0.2) is 35.5 Å². The Morgan fingerprint density at radius 1 is 1.32 bits per heavy atom. The molecule has 0 N–H and O–H groups in total. The molecule has 2 aliphatic rings. The van der Waals surface area contributed by atoms with Crippen molar-refractivity contribution < 1.29 is 13.5 Å². The highest BCUT2D eigenvalue weighted by molar-refractivity contribution is 6.29. The average Bonchev–Trinajstić information content (AvgIpc) is 3.00. The van der Waals surface area contributed by atoms with Crippen LogP contribution in [0, 0.1) is 0 Å². The third kappa shape index (κ3) is 3.42. The largest absolute Gasteiger partial charge is 0.496 e. The Labute approximate surface area is 169 Å². The molecular formula is C22H23ClF2N2O. The van der Waals surface area contributed by atoms with E-state index in [1.54, 1.807) is 19.4 Å². The summed E-state index contributed by atoms with van der Waals surface area (Å²) < 4.78 is 33.8. The summed E-state index contributed by atoms with van der Waals surface area (Å²) in [5.41, 5.74) is 5.68. The van der Waals surface area contributed by atoms with Crippen molar-refractivity contribution in [3.63, 3.8) is 0 Å². The van der Waals surface area contributed by atoms with E-state index in [0.717, 1.165) is 30.9 Å². The molecule has 0 bridgehead atoms. The minimum atomic E-state index is -2.80. The molecule has 0 fully saturated rings. The van der Waals surface area contributed by atoms with Gasteiger partial charge in [0.1, 0.15) is 10.9 Å². The Balaban J connectivity index is 1.88. The van der Waals surface area contributed by atoms with Crippen LogP contribution in [0.5, 0.6) is 5.75 Å². The lowest BCUT2D eigenvalue weighted by atomic mass is 9.85. The van der Waals surface area contributed by atoms with E-state index in [1.165, 1.54) is 16.7 Å². The lowest BCUT2D eigenvalue weighted by molar-refractivity contribution is -0.0356. The minimum absolute atomic E-state index is 0.0406. The normalized spacial score (nSPS) is 22.2. The average molecular weight is 405 g/mol. The molecule has 4 rings (SSSR count). The number of methoxy groups -OCH3 is 1. The van der Waals surface area contributed by atoms with Crippen LogP contribution in [0.15, 0.2) is 42.1 Å². The van der Waals surface area contributed by atoms with Crippen molar-refractivity contribution >= 4 is 17.2 Å². The van der Waals surface area contributed by atoms with Crippen LogP contribution < -0.4 is 4.74 Å². The monoisotopic (exact) mass is 404 g/mol. The fourth-order valence-corrected chi connectivity index (χ4v) is 4.71. The molecule has 3 nitrogen and oxygen atoms in total. The summed E-state index contributed by atoms with van der Waals surface area (Å²) >= 11 is 6.05. The summed E-state index contributed by atoms with van der Waals surface area (Å²) in [6.45, 7) is 2.67. The van der Waals surface area contributed by atoms with Gasteiger partial charge in [0.2, 0.25) is 0 Å². The highest BCUT2D eigenvalue weighted by atomic mass is 35.5. The van der Waals surface area contributed by atoms with E-state index in [1.807, 2.05) is 24.0 Å². The van der Waals surface area contributed by atoms with Crippen LogP contribution in [0.1, 0.15) is 43.0 Å². The maximum Gasteiger partial charge on any atom is 0.257 e. The highest BCUT2D eigenvalue weighted by Gasteiger charge is 2.42. The van der Waals surface area contributed by atoms with Gasteiger partial charge in [-0.05, 0) is 42.0 Å². The molecule has 0 radical (unpaired) electrons. The van der Waals surface area contributed by atoms with Crippen LogP contribution in [0.2, 0.25) is 5.15 Å². The second kappa shape index (κ2) is 7.12. The smallest absolute Gasteiger partial charge is 0.257 e. The van der Waals surface area contributed by atoms with Gasteiger partial charge >= 0.3 is 0 Å². The molecule has 148 valence electrons. The molecule has 2 atom stereocenters. The molecule has 1 aromatic heterocycles. The molecule has 28 heavy (non-hydrogen) atoms. The summed E-state index contributed by atoms with van der Waals surface area (Å²) in [4.78, 5) is 6.12. The molecule has 0 saturated heterocycles. The molecule has 0 unspecified atom stereocenters. The zero-order valence-corrected chi connectivity index (χ0v) is 16.9. The van der Waals surface area contributed by atoms with Gasteiger partial charge in [-0.15, -0.1) is 0 Å². The lowest BCUT2D eigenvalue weighted by Crippen LogP contribution is -2.46. The molecule has 0 amide bonds. The number of hydrogen-bond donors (Lipinski definition) is 0. The number of hydrogen-bond acceptors (Lipinski definition) is 3. The summed E-state index contributed by atoms with van der Waals surface area (Å²) in [5.74, 6) is -2.23. The van der Waals surface area contributed by atoms with E-state index >= 15 is 0 Å². The third-order valence-corrected chi connectivity index (χ3v) is 5.88. The SMILES string of the molecule is COc1cc(Cl)ncc1[C@@H]1C2=C(C[C@@H](C)N1CC(C)(F)F)c1ccccc1C2. The van der Waals surface area contributed by atoms with Gasteiger partial charge in [-0.2, -0.15) is 0 Å². The van der Waals surface area contributed by atoms with Crippen molar-refractivity contribution in [1.29, 1.82) is 0 Å². The summed E-state index contributed by atoms with van der Waals surface area (Å²) in [5, 5.41) is 0.320. The van der Waals surface area contributed by atoms with Gasteiger partial charge in [-0.3, -0.25) is 4.90 Å². The first-order chi connectivity index (χ1) is 13.3. The Hall–Kier alpha value is -1.98. The number of aromatic nitrogens is 1. The van der Waals surface area contributed by atoms with Crippen molar-refractivity contribution in [2.24, 2.45) is 0 Å². The number of nitrogens with zero attached hydrogens (tertiary/aromatic N) is 2. The predicted molar refractivity (Wildman–Crippen MR) is 107 cm³/mol. The molecule has 1 aliphatic carbocycles. The van der Waals surface area contributed by atoms with Crippen molar-refractivity contribution in [1.82, 2.24) is 9.88 Å². The number of rotatable bonds is 4. The van der Waals surface area contributed by atoms with Crippen molar-refractivity contribution in [2.75, 3.05) is 13.7 Å². The van der Waals surface area contributed by atoms with Crippen molar-refractivity contribution in [3.8, 4) is 5.75 Å². The van der Waals surface area contributed by atoms with Gasteiger partial charge in [-0.1, -0.05) is 35.9 Å². The molecule has 6 heteroatoms. The Morgan fingerprint density at radius 3 is 2.79 bits per heavy atom. The van der Waals surface area contributed by atoms with Gasteiger partial charge < -0.3 is 4.74 Å².